The average molecular weight is 469 g/mol. The molecule has 2 saturated heterocycles. The average Bonchev–Trinajstić information content (AvgIpc) is 3.13. The number of amides is 2. The minimum absolute atomic E-state index is 0. The van der Waals surface area contributed by atoms with Crippen molar-refractivity contribution in [2.24, 2.45) is 11.3 Å². The fourth-order valence-corrected chi connectivity index (χ4v) is 5.08. The van der Waals surface area contributed by atoms with Gasteiger partial charge in [0, 0.05) is 39.4 Å². The number of hydrogen-bond donors (Lipinski definition) is 1. The summed E-state index contributed by atoms with van der Waals surface area (Å²) < 4.78 is 0. The van der Waals surface area contributed by atoms with Gasteiger partial charge in [-0.25, -0.2) is 0 Å². The number of nitrogens with zero attached hydrogens (tertiary/aromatic N) is 3. The molecular weight excluding hydrogens is 428 g/mol. The standard InChI is InChI=1S/C27H36N4O2.H2O.H2/c1-21(2)25(32)29-24(23-8-4-3-5-9-23)10-15-30-16-11-27(12-17-30)13-18-31(26(27)33)20-22-7-6-14-28-19-22;;/h3-9,14,19,21,24H,10-13,15-18,20H2,1-2H3,(H,29,32);1H2;1H/t24-;;/m0../s1. The summed E-state index contributed by atoms with van der Waals surface area (Å²) in [5, 5.41) is 3.23. The van der Waals surface area contributed by atoms with E-state index in [0.717, 1.165) is 63.0 Å². The highest BCUT2D eigenvalue weighted by molar-refractivity contribution is 5.85. The van der Waals surface area contributed by atoms with Crippen molar-refractivity contribution in [3.63, 3.8) is 0 Å². The van der Waals surface area contributed by atoms with Crippen LogP contribution in [0.4, 0.5) is 0 Å². The molecule has 0 saturated carbocycles. The summed E-state index contributed by atoms with van der Waals surface area (Å²) in [6, 6.07) is 14.2. The Morgan fingerprint density at radius 2 is 1.79 bits per heavy atom. The Balaban J connectivity index is 0.00000216. The van der Waals surface area contributed by atoms with Gasteiger partial charge in [-0.1, -0.05) is 50.2 Å². The van der Waals surface area contributed by atoms with E-state index in [1.807, 2.05) is 55.3 Å². The van der Waals surface area contributed by atoms with Gasteiger partial charge >= 0.3 is 0 Å². The van der Waals surface area contributed by atoms with Crippen LogP contribution in [-0.4, -0.2) is 58.3 Å². The molecule has 4 rings (SSSR count). The first kappa shape index (κ1) is 25.8. The van der Waals surface area contributed by atoms with E-state index in [1.165, 1.54) is 0 Å². The first-order valence-electron chi connectivity index (χ1n) is 12.2. The van der Waals surface area contributed by atoms with Crippen LogP contribution in [0, 0.1) is 11.3 Å². The SMILES string of the molecule is CC(C)C(=O)N[C@@H](CCN1CCC2(CC1)CCN(Cc1cccnc1)C2=O)c1ccccc1.O.[HH]. The number of nitrogens with one attached hydrogen (secondary N) is 1. The fraction of sp³-hybridized carbons (Fsp3) is 0.519. The van der Waals surface area contributed by atoms with Gasteiger partial charge in [-0.05, 0) is 56.0 Å². The number of carbonyl (C=O) groups is 2. The molecule has 2 aliphatic rings. The first-order chi connectivity index (χ1) is 16.0. The molecule has 1 atom stereocenters. The summed E-state index contributed by atoms with van der Waals surface area (Å²) in [7, 11) is 0. The van der Waals surface area contributed by atoms with Crippen molar-refractivity contribution < 1.29 is 16.5 Å². The third kappa shape index (κ3) is 6.02. The molecule has 186 valence electrons. The van der Waals surface area contributed by atoms with Crippen LogP contribution in [0.25, 0.3) is 0 Å². The second-order valence-corrected chi connectivity index (χ2v) is 9.88. The van der Waals surface area contributed by atoms with Crippen molar-refractivity contribution in [2.75, 3.05) is 26.2 Å². The van der Waals surface area contributed by atoms with Gasteiger partial charge in [-0.3, -0.25) is 14.6 Å². The maximum atomic E-state index is 13.3. The molecule has 0 unspecified atom stereocenters. The van der Waals surface area contributed by atoms with Crippen molar-refractivity contribution >= 4 is 11.8 Å². The van der Waals surface area contributed by atoms with Crippen LogP contribution >= 0.6 is 0 Å². The van der Waals surface area contributed by atoms with E-state index in [9.17, 15) is 9.59 Å². The van der Waals surface area contributed by atoms with Crippen molar-refractivity contribution in [2.45, 2.75) is 52.1 Å². The van der Waals surface area contributed by atoms with Gasteiger partial charge in [0.25, 0.3) is 0 Å². The predicted molar refractivity (Wildman–Crippen MR) is 135 cm³/mol. The third-order valence-corrected chi connectivity index (χ3v) is 7.29. The lowest BCUT2D eigenvalue weighted by Gasteiger charge is -2.38. The molecule has 34 heavy (non-hydrogen) atoms. The van der Waals surface area contributed by atoms with Crippen molar-refractivity contribution in [1.29, 1.82) is 0 Å². The highest BCUT2D eigenvalue weighted by atomic mass is 16.2. The molecule has 7 nitrogen and oxygen atoms in total. The Morgan fingerprint density at radius 3 is 2.44 bits per heavy atom. The highest BCUT2D eigenvalue weighted by Gasteiger charge is 2.47. The number of rotatable bonds is 8. The van der Waals surface area contributed by atoms with Crippen molar-refractivity contribution in [1.82, 2.24) is 20.1 Å². The Hall–Kier alpha value is -2.77. The van der Waals surface area contributed by atoms with E-state index < -0.39 is 0 Å². The maximum absolute atomic E-state index is 13.3. The third-order valence-electron chi connectivity index (χ3n) is 7.29. The van der Waals surface area contributed by atoms with E-state index in [1.54, 1.807) is 6.20 Å². The zero-order chi connectivity index (χ0) is 23.3. The lowest BCUT2D eigenvalue weighted by molar-refractivity contribution is -0.139. The number of hydrogen-bond acceptors (Lipinski definition) is 4. The van der Waals surface area contributed by atoms with Gasteiger partial charge in [0.1, 0.15) is 0 Å². The topological polar surface area (TPSA) is 97.0 Å². The van der Waals surface area contributed by atoms with Gasteiger partial charge < -0.3 is 20.6 Å². The number of benzene rings is 1. The largest absolute Gasteiger partial charge is 0.412 e. The zero-order valence-corrected chi connectivity index (χ0v) is 20.4. The second kappa shape index (κ2) is 11.6. The van der Waals surface area contributed by atoms with Crippen LogP contribution in [0.2, 0.25) is 0 Å². The molecule has 1 aromatic heterocycles. The van der Waals surface area contributed by atoms with Gasteiger partial charge in [-0.15, -0.1) is 0 Å². The van der Waals surface area contributed by atoms with Gasteiger partial charge in [0.15, 0.2) is 0 Å². The molecule has 2 amide bonds. The van der Waals surface area contributed by atoms with E-state index in [-0.39, 0.29) is 30.2 Å². The lowest BCUT2D eigenvalue weighted by Crippen LogP contribution is -2.45. The molecule has 0 radical (unpaired) electrons. The van der Waals surface area contributed by atoms with E-state index in [2.05, 4.69) is 27.3 Å². The molecule has 2 aliphatic heterocycles. The van der Waals surface area contributed by atoms with Crippen LogP contribution in [0.1, 0.15) is 58.1 Å². The molecule has 2 aromatic rings. The van der Waals surface area contributed by atoms with Crippen LogP contribution in [0.3, 0.4) is 0 Å². The van der Waals surface area contributed by atoms with Gasteiger partial charge in [-0.2, -0.15) is 0 Å². The Morgan fingerprint density at radius 1 is 1.09 bits per heavy atom. The summed E-state index contributed by atoms with van der Waals surface area (Å²) in [4.78, 5) is 34.3. The molecule has 1 spiro atoms. The molecule has 2 fully saturated rings. The normalized spacial score (nSPS) is 18.7. The quantitative estimate of drug-likeness (QED) is 0.643. The molecule has 7 heteroatoms. The van der Waals surface area contributed by atoms with Crippen LogP contribution in [0.5, 0.6) is 0 Å². The molecule has 1 aromatic carbocycles. The number of aromatic nitrogens is 1. The van der Waals surface area contributed by atoms with Gasteiger partial charge in [0.05, 0.1) is 11.5 Å². The molecule has 0 aliphatic carbocycles. The van der Waals surface area contributed by atoms with E-state index >= 15 is 0 Å². The van der Waals surface area contributed by atoms with E-state index in [0.29, 0.717) is 12.5 Å². The van der Waals surface area contributed by atoms with Crippen molar-refractivity contribution in [3.05, 3.63) is 66.0 Å². The predicted octanol–water partition coefficient (Wildman–Crippen LogP) is 3.22. The summed E-state index contributed by atoms with van der Waals surface area (Å²) in [6.07, 6.45) is 7.28. The Bertz CT molecular complexity index is 934. The summed E-state index contributed by atoms with van der Waals surface area (Å²) in [6.45, 7) is 8.15. The summed E-state index contributed by atoms with van der Waals surface area (Å²) in [5.74, 6) is 0.373. The Kier molecular flexibility index (Phi) is 8.80. The highest BCUT2D eigenvalue weighted by Crippen LogP contribution is 2.42. The number of piperidine rings is 1. The molecular formula is C27H40N4O3. The first-order valence-corrected chi connectivity index (χ1v) is 12.2. The van der Waals surface area contributed by atoms with Crippen LogP contribution < -0.4 is 5.32 Å². The van der Waals surface area contributed by atoms with Crippen LogP contribution in [0.15, 0.2) is 54.9 Å². The summed E-state index contributed by atoms with van der Waals surface area (Å²) in [5.41, 5.74) is 2.05. The molecule has 3 N–H and O–H groups in total. The van der Waals surface area contributed by atoms with Crippen molar-refractivity contribution in [3.8, 4) is 0 Å². The molecule has 3 heterocycles. The smallest absolute Gasteiger partial charge is 0.229 e. The Labute approximate surface area is 204 Å². The number of likely N-dealkylation sites (tertiary alicyclic amines) is 2. The number of pyridine rings is 1. The van der Waals surface area contributed by atoms with Gasteiger partial charge in [0.2, 0.25) is 11.8 Å². The maximum Gasteiger partial charge on any atom is 0.229 e. The zero-order valence-electron chi connectivity index (χ0n) is 20.4. The monoisotopic (exact) mass is 468 g/mol. The van der Waals surface area contributed by atoms with E-state index in [4.69, 9.17) is 0 Å². The summed E-state index contributed by atoms with van der Waals surface area (Å²) >= 11 is 0. The van der Waals surface area contributed by atoms with Crippen LogP contribution in [-0.2, 0) is 16.1 Å². The fourth-order valence-electron chi connectivity index (χ4n) is 5.08. The number of carbonyl (C=O) groups excluding carboxylic acids is 2. The second-order valence-electron chi connectivity index (χ2n) is 9.88. The lowest BCUT2D eigenvalue weighted by atomic mass is 9.77. The molecule has 0 bridgehead atoms. The minimum Gasteiger partial charge on any atom is -0.412 e. The minimum atomic E-state index is -0.191.